The van der Waals surface area contributed by atoms with Crippen LogP contribution in [-0.2, 0) is 6.54 Å². The summed E-state index contributed by atoms with van der Waals surface area (Å²) in [5.41, 5.74) is 7.94. The van der Waals surface area contributed by atoms with Crippen LogP contribution in [-0.4, -0.2) is 21.8 Å². The number of halogens is 1. The highest BCUT2D eigenvalue weighted by atomic mass is 127. The Labute approximate surface area is 154 Å². The van der Waals surface area contributed by atoms with Gasteiger partial charge in [0, 0.05) is 12.2 Å². The standard InChI is InChI=1S/C17H23N5.HI/c18-17(20-14-7-3-1-4-8-14)19-13-15-11-12-22(21-15)16-9-5-2-6-10-16;/h2,5-6,9-12,14H,1,3-4,7-8,13H2,(H3,18,19,20);1H. The van der Waals surface area contributed by atoms with E-state index in [1.54, 1.807) is 0 Å². The summed E-state index contributed by atoms with van der Waals surface area (Å²) < 4.78 is 1.86. The molecule has 0 bridgehead atoms. The molecule has 0 saturated heterocycles. The van der Waals surface area contributed by atoms with Gasteiger partial charge in [0.15, 0.2) is 5.96 Å². The van der Waals surface area contributed by atoms with Crippen molar-refractivity contribution >= 4 is 29.9 Å². The summed E-state index contributed by atoms with van der Waals surface area (Å²) in [6.45, 7) is 0.505. The molecule has 1 aliphatic carbocycles. The van der Waals surface area contributed by atoms with Gasteiger partial charge in [-0.15, -0.1) is 24.0 Å². The number of nitrogens with one attached hydrogen (secondary N) is 1. The first-order valence-electron chi connectivity index (χ1n) is 7.98. The molecule has 1 aromatic heterocycles. The largest absolute Gasteiger partial charge is 0.370 e. The van der Waals surface area contributed by atoms with E-state index in [0.717, 1.165) is 11.4 Å². The molecule has 23 heavy (non-hydrogen) atoms. The molecule has 1 aromatic carbocycles. The number of aromatic nitrogens is 2. The van der Waals surface area contributed by atoms with Gasteiger partial charge in [-0.05, 0) is 31.0 Å². The molecule has 1 saturated carbocycles. The number of rotatable bonds is 4. The summed E-state index contributed by atoms with van der Waals surface area (Å²) in [7, 11) is 0. The molecule has 1 aliphatic rings. The molecule has 3 N–H and O–H groups in total. The van der Waals surface area contributed by atoms with Crippen LogP contribution in [0.25, 0.3) is 5.69 Å². The van der Waals surface area contributed by atoms with Crippen LogP contribution in [0.2, 0.25) is 0 Å². The van der Waals surface area contributed by atoms with Crippen LogP contribution < -0.4 is 11.1 Å². The molecular formula is C17H24IN5. The molecule has 124 valence electrons. The summed E-state index contributed by atoms with van der Waals surface area (Å²) in [4.78, 5) is 4.40. The predicted octanol–water partition coefficient (Wildman–Crippen LogP) is 3.23. The Hall–Kier alpha value is -1.57. The van der Waals surface area contributed by atoms with Crippen LogP contribution in [0.5, 0.6) is 0 Å². The molecule has 1 fully saturated rings. The fraction of sp³-hybridized carbons (Fsp3) is 0.412. The second-order valence-electron chi connectivity index (χ2n) is 5.77. The third-order valence-electron chi connectivity index (χ3n) is 4.03. The van der Waals surface area contributed by atoms with Gasteiger partial charge >= 0.3 is 0 Å². The van der Waals surface area contributed by atoms with Gasteiger partial charge < -0.3 is 11.1 Å². The molecular weight excluding hydrogens is 401 g/mol. The normalized spacial score (nSPS) is 15.9. The van der Waals surface area contributed by atoms with Gasteiger partial charge in [-0.1, -0.05) is 37.5 Å². The average Bonchev–Trinajstić information content (AvgIpc) is 3.04. The minimum Gasteiger partial charge on any atom is -0.370 e. The molecule has 0 spiro atoms. The fourth-order valence-corrected chi connectivity index (χ4v) is 2.84. The number of hydrogen-bond donors (Lipinski definition) is 2. The zero-order valence-corrected chi connectivity index (χ0v) is 15.5. The van der Waals surface area contributed by atoms with Crippen molar-refractivity contribution in [2.45, 2.75) is 44.7 Å². The number of para-hydroxylation sites is 1. The summed E-state index contributed by atoms with van der Waals surface area (Å²) in [5, 5.41) is 7.85. The van der Waals surface area contributed by atoms with Crippen LogP contribution in [0, 0.1) is 0 Å². The van der Waals surface area contributed by atoms with Gasteiger partial charge in [0.2, 0.25) is 0 Å². The van der Waals surface area contributed by atoms with E-state index in [0.29, 0.717) is 18.5 Å². The third kappa shape index (κ3) is 5.23. The molecule has 0 unspecified atom stereocenters. The van der Waals surface area contributed by atoms with Crippen molar-refractivity contribution in [2.24, 2.45) is 10.7 Å². The van der Waals surface area contributed by atoms with E-state index >= 15 is 0 Å². The van der Waals surface area contributed by atoms with Gasteiger partial charge in [-0.3, -0.25) is 0 Å². The maximum Gasteiger partial charge on any atom is 0.189 e. The van der Waals surface area contributed by atoms with Gasteiger partial charge in [-0.2, -0.15) is 5.10 Å². The van der Waals surface area contributed by atoms with Crippen molar-refractivity contribution in [2.75, 3.05) is 0 Å². The molecule has 5 nitrogen and oxygen atoms in total. The van der Waals surface area contributed by atoms with Crippen LogP contribution in [0.3, 0.4) is 0 Å². The molecule has 3 rings (SSSR count). The third-order valence-corrected chi connectivity index (χ3v) is 4.03. The highest BCUT2D eigenvalue weighted by Crippen LogP contribution is 2.17. The van der Waals surface area contributed by atoms with Crippen molar-refractivity contribution in [3.63, 3.8) is 0 Å². The minimum absolute atomic E-state index is 0. The van der Waals surface area contributed by atoms with Crippen LogP contribution in [0.4, 0.5) is 0 Å². The second-order valence-corrected chi connectivity index (χ2v) is 5.77. The smallest absolute Gasteiger partial charge is 0.189 e. The molecule has 0 aliphatic heterocycles. The van der Waals surface area contributed by atoms with Crippen LogP contribution in [0.15, 0.2) is 47.6 Å². The highest BCUT2D eigenvalue weighted by molar-refractivity contribution is 14.0. The Morgan fingerprint density at radius 2 is 1.91 bits per heavy atom. The van der Waals surface area contributed by atoms with Gasteiger partial charge in [0.25, 0.3) is 0 Å². The second kappa shape index (κ2) is 8.90. The molecule has 0 atom stereocenters. The van der Waals surface area contributed by atoms with E-state index < -0.39 is 0 Å². The number of hydrogen-bond acceptors (Lipinski definition) is 2. The van der Waals surface area contributed by atoms with Crippen molar-refractivity contribution < 1.29 is 0 Å². The number of nitrogens with zero attached hydrogens (tertiary/aromatic N) is 3. The van der Waals surface area contributed by atoms with Gasteiger partial charge in [0.05, 0.1) is 17.9 Å². The first kappa shape index (κ1) is 17.8. The van der Waals surface area contributed by atoms with Crippen molar-refractivity contribution in [1.29, 1.82) is 0 Å². The van der Waals surface area contributed by atoms with E-state index in [1.807, 2.05) is 47.3 Å². The predicted molar refractivity (Wildman–Crippen MR) is 104 cm³/mol. The number of guanidine groups is 1. The Morgan fingerprint density at radius 1 is 1.17 bits per heavy atom. The fourth-order valence-electron chi connectivity index (χ4n) is 2.84. The first-order valence-corrected chi connectivity index (χ1v) is 7.98. The molecule has 0 radical (unpaired) electrons. The summed E-state index contributed by atoms with van der Waals surface area (Å²) in [6.07, 6.45) is 8.24. The lowest BCUT2D eigenvalue weighted by Crippen LogP contribution is -2.41. The molecule has 2 aromatic rings. The average molecular weight is 425 g/mol. The molecule has 6 heteroatoms. The highest BCUT2D eigenvalue weighted by Gasteiger charge is 2.13. The van der Waals surface area contributed by atoms with E-state index in [-0.39, 0.29) is 24.0 Å². The molecule has 0 amide bonds. The lowest BCUT2D eigenvalue weighted by molar-refractivity contribution is 0.412. The summed E-state index contributed by atoms with van der Waals surface area (Å²) >= 11 is 0. The number of nitrogens with two attached hydrogens (primary N) is 1. The Morgan fingerprint density at radius 3 is 2.65 bits per heavy atom. The zero-order valence-electron chi connectivity index (χ0n) is 13.2. The zero-order chi connectivity index (χ0) is 15.2. The van der Waals surface area contributed by atoms with E-state index in [1.165, 1.54) is 32.1 Å². The SMILES string of the molecule is I.NC(=NCc1ccn(-c2ccccc2)n1)NC1CCCCC1. The lowest BCUT2D eigenvalue weighted by Gasteiger charge is -2.23. The maximum atomic E-state index is 5.97. The number of benzene rings is 1. The van der Waals surface area contributed by atoms with E-state index in [2.05, 4.69) is 15.4 Å². The topological polar surface area (TPSA) is 68.2 Å². The van der Waals surface area contributed by atoms with E-state index in [9.17, 15) is 0 Å². The van der Waals surface area contributed by atoms with Crippen molar-refractivity contribution in [3.05, 3.63) is 48.3 Å². The monoisotopic (exact) mass is 425 g/mol. The Balaban J connectivity index is 0.00000192. The van der Waals surface area contributed by atoms with Gasteiger partial charge in [0.1, 0.15) is 0 Å². The summed E-state index contributed by atoms with van der Waals surface area (Å²) in [5.74, 6) is 0.529. The Kier molecular flexibility index (Phi) is 6.88. The van der Waals surface area contributed by atoms with Crippen molar-refractivity contribution in [3.8, 4) is 5.69 Å². The van der Waals surface area contributed by atoms with Crippen LogP contribution in [0.1, 0.15) is 37.8 Å². The first-order chi connectivity index (χ1) is 10.8. The minimum atomic E-state index is 0. The van der Waals surface area contributed by atoms with E-state index in [4.69, 9.17) is 5.73 Å². The summed E-state index contributed by atoms with van der Waals surface area (Å²) in [6, 6.07) is 12.5. The maximum absolute atomic E-state index is 5.97. The van der Waals surface area contributed by atoms with Gasteiger partial charge in [-0.25, -0.2) is 9.67 Å². The Bertz CT molecular complexity index is 617. The quantitative estimate of drug-likeness (QED) is 0.449. The number of aliphatic imine (C=N–C) groups is 1. The molecule has 1 heterocycles. The van der Waals surface area contributed by atoms with Crippen molar-refractivity contribution in [1.82, 2.24) is 15.1 Å². The lowest BCUT2D eigenvalue weighted by atomic mass is 9.96. The van der Waals surface area contributed by atoms with Crippen LogP contribution >= 0.6 is 24.0 Å².